The Kier molecular flexibility index (Phi) is 8.93. The van der Waals surface area contributed by atoms with Gasteiger partial charge < -0.3 is 0 Å². The van der Waals surface area contributed by atoms with Crippen LogP contribution in [0.25, 0.3) is 0 Å². The number of hydrogen-bond donors (Lipinski definition) is 0. The van der Waals surface area contributed by atoms with Crippen molar-refractivity contribution in [2.45, 2.75) is 0 Å². The standard InChI is InChI=1S/C2H2BrClO.C2H6ClNO2S/c3-1-2(4)5;1-4(2)7(3,5)6/h1H2;1-2H3. The van der Waals surface area contributed by atoms with Gasteiger partial charge in [-0.1, -0.05) is 15.9 Å². The summed E-state index contributed by atoms with van der Waals surface area (Å²) in [5.74, 6) is 0. The van der Waals surface area contributed by atoms with Crippen LogP contribution in [0.5, 0.6) is 0 Å². The lowest BCUT2D eigenvalue weighted by atomic mass is 10.9. The molecule has 0 aromatic rings. The van der Waals surface area contributed by atoms with Crippen LogP contribution in [0.4, 0.5) is 0 Å². The van der Waals surface area contributed by atoms with Gasteiger partial charge in [0.25, 0.3) is 9.24 Å². The van der Waals surface area contributed by atoms with Gasteiger partial charge >= 0.3 is 0 Å². The van der Waals surface area contributed by atoms with Crippen molar-refractivity contribution in [1.82, 2.24) is 4.31 Å². The third kappa shape index (κ3) is 13.2. The summed E-state index contributed by atoms with van der Waals surface area (Å²) in [6, 6.07) is 0. The summed E-state index contributed by atoms with van der Waals surface area (Å²) in [7, 11) is 4.06. The van der Waals surface area contributed by atoms with Crippen LogP contribution < -0.4 is 0 Å². The largest absolute Gasteiger partial charge is 0.299 e. The van der Waals surface area contributed by atoms with E-state index in [2.05, 4.69) is 15.9 Å². The molecule has 0 amide bonds. The van der Waals surface area contributed by atoms with E-state index in [1.54, 1.807) is 0 Å². The van der Waals surface area contributed by atoms with Crippen LogP contribution in [0.1, 0.15) is 0 Å². The van der Waals surface area contributed by atoms with Crippen LogP contribution in [-0.4, -0.2) is 37.4 Å². The van der Waals surface area contributed by atoms with E-state index < -0.39 is 9.24 Å². The Bertz CT molecular complexity index is 228. The van der Waals surface area contributed by atoms with Crippen molar-refractivity contribution in [2.24, 2.45) is 0 Å². The molecule has 0 atom stereocenters. The highest BCUT2D eigenvalue weighted by Gasteiger charge is 2.04. The molecular formula is C4H8BrCl2NO3S. The number of hydrogen-bond acceptors (Lipinski definition) is 3. The predicted octanol–water partition coefficient (Wildman–Crippen LogP) is 1.18. The van der Waals surface area contributed by atoms with Crippen LogP contribution >= 0.6 is 38.2 Å². The highest BCUT2D eigenvalue weighted by atomic mass is 79.9. The molecule has 74 valence electrons. The van der Waals surface area contributed by atoms with Crippen molar-refractivity contribution in [1.29, 1.82) is 0 Å². The van der Waals surface area contributed by atoms with E-state index in [1.807, 2.05) is 0 Å². The average molecular weight is 301 g/mol. The molecule has 0 aliphatic rings. The van der Waals surface area contributed by atoms with E-state index in [0.717, 1.165) is 4.31 Å². The Labute approximate surface area is 89.5 Å². The molecule has 4 nitrogen and oxygen atoms in total. The summed E-state index contributed by atoms with van der Waals surface area (Å²) in [5, 5.41) is -0.112. The van der Waals surface area contributed by atoms with Crippen molar-refractivity contribution >= 4 is 52.7 Å². The zero-order valence-electron chi connectivity index (χ0n) is 6.42. The summed E-state index contributed by atoms with van der Waals surface area (Å²) in [5.41, 5.74) is 0. The van der Waals surface area contributed by atoms with Gasteiger partial charge in [0.1, 0.15) is 0 Å². The van der Waals surface area contributed by atoms with E-state index in [-0.39, 0.29) is 10.6 Å². The number of alkyl halides is 1. The smallest absolute Gasteiger partial charge is 0.280 e. The van der Waals surface area contributed by atoms with Crippen LogP contribution in [0.15, 0.2) is 0 Å². The third-order valence-electron chi connectivity index (χ3n) is 0.541. The Morgan fingerprint density at radius 3 is 1.67 bits per heavy atom. The maximum atomic E-state index is 10.0. The monoisotopic (exact) mass is 299 g/mol. The molecule has 0 heterocycles. The zero-order valence-corrected chi connectivity index (χ0v) is 10.3. The molecule has 8 heteroatoms. The Morgan fingerprint density at radius 1 is 1.50 bits per heavy atom. The molecule has 0 saturated heterocycles. The predicted molar refractivity (Wildman–Crippen MR) is 53.1 cm³/mol. The van der Waals surface area contributed by atoms with Crippen LogP contribution in [0.2, 0.25) is 0 Å². The molecule has 0 aliphatic heterocycles. The van der Waals surface area contributed by atoms with E-state index in [4.69, 9.17) is 22.3 Å². The molecule has 12 heavy (non-hydrogen) atoms. The van der Waals surface area contributed by atoms with E-state index in [1.165, 1.54) is 14.1 Å². The molecule has 0 saturated carbocycles. The van der Waals surface area contributed by atoms with E-state index in [9.17, 15) is 13.2 Å². The zero-order chi connectivity index (χ0) is 10.4. The molecule has 0 unspecified atom stereocenters. The van der Waals surface area contributed by atoms with Crippen molar-refractivity contribution in [3.63, 3.8) is 0 Å². The fraction of sp³-hybridized carbons (Fsp3) is 0.750. The first-order valence-electron chi connectivity index (χ1n) is 2.58. The second-order valence-electron chi connectivity index (χ2n) is 1.71. The lowest BCUT2D eigenvalue weighted by Crippen LogP contribution is -2.15. The maximum absolute atomic E-state index is 10.0. The quantitative estimate of drug-likeness (QED) is 0.568. The molecule has 0 spiro atoms. The maximum Gasteiger partial charge on any atom is 0.299 e. The van der Waals surface area contributed by atoms with Crippen molar-refractivity contribution in [3.8, 4) is 0 Å². The van der Waals surface area contributed by atoms with Crippen LogP contribution in [0, 0.1) is 0 Å². The molecular weight excluding hydrogens is 293 g/mol. The van der Waals surface area contributed by atoms with Gasteiger partial charge in [-0.25, -0.2) is 0 Å². The summed E-state index contributed by atoms with van der Waals surface area (Å²) >= 11 is 7.61. The van der Waals surface area contributed by atoms with Gasteiger partial charge in [0.15, 0.2) is 0 Å². The fourth-order valence-corrected chi connectivity index (χ4v) is 0. The summed E-state index contributed by atoms with van der Waals surface area (Å²) in [6.45, 7) is 0. The third-order valence-corrected chi connectivity index (χ3v) is 3.21. The first-order chi connectivity index (χ1) is 5.21. The minimum Gasteiger partial charge on any atom is -0.280 e. The van der Waals surface area contributed by atoms with Gasteiger partial charge in [-0.05, 0) is 11.6 Å². The van der Waals surface area contributed by atoms with Gasteiger partial charge in [0.2, 0.25) is 5.24 Å². The van der Waals surface area contributed by atoms with Crippen molar-refractivity contribution in [3.05, 3.63) is 0 Å². The molecule has 0 radical (unpaired) electrons. The second kappa shape index (κ2) is 7.08. The van der Waals surface area contributed by atoms with Gasteiger partial charge in [-0.3, -0.25) is 4.79 Å². The molecule has 0 aromatic heterocycles. The minimum atomic E-state index is -3.44. The lowest BCUT2D eigenvalue weighted by molar-refractivity contribution is -0.109. The highest BCUT2D eigenvalue weighted by molar-refractivity contribution is 9.09. The van der Waals surface area contributed by atoms with Gasteiger partial charge in [0.05, 0.1) is 5.33 Å². The molecule has 0 aliphatic carbocycles. The molecule has 0 bridgehead atoms. The first-order valence-corrected chi connectivity index (χ1v) is 6.34. The summed E-state index contributed by atoms with van der Waals surface area (Å²) < 4.78 is 21.0. The summed E-state index contributed by atoms with van der Waals surface area (Å²) in [6.07, 6.45) is 0. The first kappa shape index (κ1) is 15.1. The van der Waals surface area contributed by atoms with Crippen LogP contribution in [-0.2, 0) is 14.0 Å². The van der Waals surface area contributed by atoms with E-state index in [0.29, 0.717) is 0 Å². The normalized spacial score (nSPS) is 10.5. The molecule has 0 N–H and O–H groups in total. The second-order valence-corrected chi connectivity index (χ2v) is 5.42. The number of carbonyl (C=O) groups excluding carboxylic acids is 1. The van der Waals surface area contributed by atoms with Crippen LogP contribution in [0.3, 0.4) is 0 Å². The lowest BCUT2D eigenvalue weighted by Gasteiger charge is -2.00. The van der Waals surface area contributed by atoms with Gasteiger partial charge in [-0.2, -0.15) is 12.7 Å². The molecule has 0 fully saturated rings. The Balaban J connectivity index is 0. The fourth-order valence-electron chi connectivity index (χ4n) is 0. The minimum absolute atomic E-state index is 0.245. The summed E-state index contributed by atoms with van der Waals surface area (Å²) in [4.78, 5) is 9.53. The SMILES string of the molecule is CN(C)S(=O)(=O)Cl.O=C(Cl)CBr. The Morgan fingerprint density at radius 2 is 1.67 bits per heavy atom. The van der Waals surface area contributed by atoms with Gasteiger partial charge in [-0.15, -0.1) is 0 Å². The average Bonchev–Trinajstić information content (AvgIpc) is 1.87. The number of carbonyl (C=O) groups is 1. The van der Waals surface area contributed by atoms with Crippen molar-refractivity contribution in [2.75, 3.05) is 19.4 Å². The number of halogens is 3. The molecule has 0 rings (SSSR count). The Hall–Kier alpha value is 0.640. The topological polar surface area (TPSA) is 54.5 Å². The number of nitrogens with zero attached hydrogens (tertiary/aromatic N) is 1. The van der Waals surface area contributed by atoms with Gasteiger partial charge in [0, 0.05) is 24.8 Å². The number of rotatable bonds is 2. The van der Waals surface area contributed by atoms with E-state index >= 15 is 0 Å². The molecule has 0 aromatic carbocycles. The van der Waals surface area contributed by atoms with Crippen molar-refractivity contribution < 1.29 is 13.2 Å². The highest BCUT2D eigenvalue weighted by Crippen LogP contribution is 1.96.